The summed E-state index contributed by atoms with van der Waals surface area (Å²) < 4.78 is 36.9. The normalized spacial score (nSPS) is 13.7. The molecule has 1 aliphatic rings. The summed E-state index contributed by atoms with van der Waals surface area (Å²) in [6.07, 6.45) is 3.32. The van der Waals surface area contributed by atoms with Crippen LogP contribution in [0.2, 0.25) is 0 Å². The third kappa shape index (κ3) is 9.80. The smallest absolute Gasteiger partial charge is 0.430 e. The molecule has 0 radical (unpaired) electrons. The zero-order chi connectivity index (χ0) is 29.8. The van der Waals surface area contributed by atoms with Gasteiger partial charge in [-0.15, -0.1) is 0 Å². The SMILES string of the molecule is CCC(=O)CCCCC[C@H](NCC(=O)c1ccc2occc2c1)C1=NC=C(c2ccccc2)[NH2+]1.O=C([O-])C(F)(F)F. The number of hydrogen-bond donors (Lipinski definition) is 2. The Bertz CT molecular complexity index is 1400. The topological polar surface area (TPSA) is 128 Å². The molecular formula is C30H32F3N3O5. The van der Waals surface area contributed by atoms with Gasteiger partial charge in [0, 0.05) is 29.4 Å². The van der Waals surface area contributed by atoms with E-state index >= 15 is 0 Å². The molecule has 2 aromatic carbocycles. The fraction of sp³-hybridized carbons (Fsp3) is 0.333. The van der Waals surface area contributed by atoms with E-state index in [1.165, 1.54) is 0 Å². The minimum atomic E-state index is -5.19. The summed E-state index contributed by atoms with van der Waals surface area (Å²) in [4.78, 5) is 37.9. The largest absolute Gasteiger partial charge is 0.542 e. The summed E-state index contributed by atoms with van der Waals surface area (Å²) in [7, 11) is 0. The van der Waals surface area contributed by atoms with Crippen molar-refractivity contribution in [3.05, 3.63) is 78.2 Å². The lowest BCUT2D eigenvalue weighted by atomic mass is 10.0. The van der Waals surface area contributed by atoms with Gasteiger partial charge in [0.05, 0.1) is 19.0 Å². The number of carbonyl (C=O) groups excluding carboxylic acids is 3. The van der Waals surface area contributed by atoms with E-state index in [-0.39, 0.29) is 18.4 Å². The zero-order valence-corrected chi connectivity index (χ0v) is 22.6. The van der Waals surface area contributed by atoms with Gasteiger partial charge in [0.25, 0.3) is 0 Å². The number of amidine groups is 1. The van der Waals surface area contributed by atoms with Gasteiger partial charge in [-0.3, -0.25) is 20.2 Å². The average Bonchev–Trinajstić information content (AvgIpc) is 3.64. The molecule has 3 N–H and O–H groups in total. The molecule has 1 aromatic heterocycles. The number of carboxylic acid groups (broad SMARTS) is 1. The Morgan fingerprint density at radius 1 is 1.05 bits per heavy atom. The second-order valence-electron chi connectivity index (χ2n) is 9.46. The van der Waals surface area contributed by atoms with Gasteiger partial charge in [-0.1, -0.05) is 38.0 Å². The number of nitrogens with one attached hydrogen (secondary N) is 1. The van der Waals surface area contributed by atoms with Gasteiger partial charge in [0.2, 0.25) is 5.84 Å². The summed E-state index contributed by atoms with van der Waals surface area (Å²) in [6.45, 7) is 2.14. The van der Waals surface area contributed by atoms with Crippen molar-refractivity contribution in [3.63, 3.8) is 0 Å². The number of alkyl halides is 3. The number of quaternary nitrogens is 1. The number of unbranched alkanes of at least 4 members (excludes halogenated alkanes) is 2. The monoisotopic (exact) mass is 571 g/mol. The molecule has 1 aliphatic heterocycles. The first kappa shape index (κ1) is 31.4. The maximum atomic E-state index is 12.9. The van der Waals surface area contributed by atoms with E-state index in [0.29, 0.717) is 24.2 Å². The van der Waals surface area contributed by atoms with Crippen LogP contribution in [0, 0.1) is 0 Å². The number of rotatable bonds is 13. The number of hydrogen-bond acceptors (Lipinski definition) is 7. The number of furan rings is 1. The van der Waals surface area contributed by atoms with E-state index in [9.17, 15) is 22.8 Å². The molecule has 2 heterocycles. The number of carbonyl (C=O) groups is 3. The first-order chi connectivity index (χ1) is 19.6. The summed E-state index contributed by atoms with van der Waals surface area (Å²) in [5.41, 5.74) is 3.65. The van der Waals surface area contributed by atoms with Gasteiger partial charge in [0.1, 0.15) is 23.4 Å². The molecule has 4 rings (SSSR count). The Morgan fingerprint density at radius 2 is 1.78 bits per heavy atom. The van der Waals surface area contributed by atoms with Crippen molar-refractivity contribution in [1.82, 2.24) is 5.32 Å². The number of aliphatic imine (C=N–C) groups is 1. The highest BCUT2D eigenvalue weighted by atomic mass is 19.4. The molecule has 0 bridgehead atoms. The van der Waals surface area contributed by atoms with Crippen LogP contribution in [-0.4, -0.2) is 42.1 Å². The lowest BCUT2D eigenvalue weighted by Gasteiger charge is -2.17. The van der Waals surface area contributed by atoms with Crippen molar-refractivity contribution in [2.24, 2.45) is 4.99 Å². The minimum absolute atomic E-state index is 0.0269. The molecule has 0 spiro atoms. The molecule has 0 aliphatic carbocycles. The fourth-order valence-corrected chi connectivity index (χ4v) is 4.19. The maximum absolute atomic E-state index is 12.9. The minimum Gasteiger partial charge on any atom is -0.542 e. The number of carboxylic acids is 1. The second kappa shape index (κ2) is 15.1. The molecule has 0 saturated carbocycles. The van der Waals surface area contributed by atoms with Gasteiger partial charge in [-0.2, -0.15) is 13.2 Å². The molecule has 3 aromatic rings. The van der Waals surface area contributed by atoms with Gasteiger partial charge >= 0.3 is 6.18 Å². The van der Waals surface area contributed by atoms with Crippen molar-refractivity contribution in [3.8, 4) is 0 Å². The number of halogens is 3. The highest BCUT2D eigenvalue weighted by molar-refractivity contribution is 6.00. The fourth-order valence-electron chi connectivity index (χ4n) is 4.19. The number of benzene rings is 2. The highest BCUT2D eigenvalue weighted by Gasteiger charge is 2.29. The second-order valence-corrected chi connectivity index (χ2v) is 9.46. The molecule has 41 heavy (non-hydrogen) atoms. The molecule has 8 nitrogen and oxygen atoms in total. The van der Waals surface area contributed by atoms with Crippen LogP contribution in [0.1, 0.15) is 61.4 Å². The standard InChI is InChI=1S/C28H31N3O3.C2HF3O2/c1-2-23(32)11-7-4-8-12-24(28-30-18-25(31-28)20-9-5-3-6-10-20)29-19-26(33)21-13-14-27-22(17-21)15-16-34-27;3-2(4,5)1(6)7/h3,5-6,9-10,13-18,24,29H,2,4,7-8,11-12,19H2,1H3,(H,30,31);(H,6,7)/t24-;/m0./s1. The number of ketones is 2. The highest BCUT2D eigenvalue weighted by Crippen LogP contribution is 2.18. The predicted molar refractivity (Wildman–Crippen MR) is 146 cm³/mol. The predicted octanol–water partition coefficient (Wildman–Crippen LogP) is 3.78. The summed E-state index contributed by atoms with van der Waals surface area (Å²) in [5.74, 6) is -1.70. The van der Waals surface area contributed by atoms with Crippen LogP contribution in [0.25, 0.3) is 16.7 Å². The van der Waals surface area contributed by atoms with E-state index in [1.807, 2.05) is 55.6 Å². The molecule has 1 atom stereocenters. The third-order valence-corrected chi connectivity index (χ3v) is 6.48. The van der Waals surface area contributed by atoms with Crippen LogP contribution in [-0.2, 0) is 9.59 Å². The van der Waals surface area contributed by atoms with Crippen molar-refractivity contribution in [1.29, 1.82) is 0 Å². The molecular weight excluding hydrogens is 539 g/mol. The Balaban J connectivity index is 0.000000587. The number of Topliss-reactive ketones (excluding diaryl/α,β-unsaturated/α-hetero) is 2. The van der Waals surface area contributed by atoms with E-state index in [1.54, 1.807) is 6.26 Å². The summed E-state index contributed by atoms with van der Waals surface area (Å²) in [5, 5.41) is 15.3. The molecule has 0 fully saturated rings. The number of aliphatic carboxylic acids is 1. The van der Waals surface area contributed by atoms with Crippen molar-refractivity contribution in [2.45, 2.75) is 57.7 Å². The third-order valence-electron chi connectivity index (χ3n) is 6.48. The van der Waals surface area contributed by atoms with Crippen LogP contribution in [0.5, 0.6) is 0 Å². The number of fused-ring (bicyclic) bond motifs is 1. The number of nitrogens with zero attached hydrogens (tertiary/aromatic N) is 1. The first-order valence-corrected chi connectivity index (χ1v) is 13.3. The first-order valence-electron chi connectivity index (χ1n) is 13.3. The molecule has 0 amide bonds. The average molecular weight is 572 g/mol. The van der Waals surface area contributed by atoms with Crippen molar-refractivity contribution >= 4 is 40.0 Å². The van der Waals surface area contributed by atoms with Crippen LogP contribution >= 0.6 is 0 Å². The maximum Gasteiger partial charge on any atom is 0.430 e. The van der Waals surface area contributed by atoms with Crippen molar-refractivity contribution < 1.29 is 42.4 Å². The van der Waals surface area contributed by atoms with Crippen LogP contribution in [0.15, 0.2) is 76.5 Å². The Hall–Kier alpha value is -4.09. The van der Waals surface area contributed by atoms with Gasteiger partial charge in [0.15, 0.2) is 11.5 Å². The summed E-state index contributed by atoms with van der Waals surface area (Å²) in [6, 6.07) is 17.5. The van der Waals surface area contributed by atoms with Crippen LogP contribution < -0.4 is 15.7 Å². The van der Waals surface area contributed by atoms with Crippen LogP contribution in [0.3, 0.4) is 0 Å². The molecule has 0 saturated heterocycles. The molecule has 0 unspecified atom stereocenters. The Morgan fingerprint density at radius 3 is 2.46 bits per heavy atom. The summed E-state index contributed by atoms with van der Waals surface area (Å²) >= 11 is 0. The van der Waals surface area contributed by atoms with E-state index in [2.05, 4.69) is 27.8 Å². The molecule has 218 valence electrons. The van der Waals surface area contributed by atoms with Crippen LogP contribution in [0.4, 0.5) is 13.2 Å². The van der Waals surface area contributed by atoms with Gasteiger partial charge < -0.3 is 14.3 Å². The van der Waals surface area contributed by atoms with E-state index < -0.39 is 12.1 Å². The number of nitrogens with two attached hydrogens (primary N) is 1. The van der Waals surface area contributed by atoms with E-state index in [4.69, 9.17) is 14.3 Å². The van der Waals surface area contributed by atoms with Crippen molar-refractivity contribution in [2.75, 3.05) is 6.54 Å². The lowest BCUT2D eigenvalue weighted by molar-refractivity contribution is -0.434. The Kier molecular flexibility index (Phi) is 11.5. The zero-order valence-electron chi connectivity index (χ0n) is 22.6. The quantitative estimate of drug-likeness (QED) is 0.237. The van der Waals surface area contributed by atoms with E-state index in [0.717, 1.165) is 53.7 Å². The Labute approximate surface area is 235 Å². The van der Waals surface area contributed by atoms with Gasteiger partial charge in [-0.05, 0) is 49.2 Å². The molecule has 11 heteroatoms. The lowest BCUT2D eigenvalue weighted by Crippen LogP contribution is -2.87. The van der Waals surface area contributed by atoms with Gasteiger partial charge in [-0.25, -0.2) is 4.99 Å².